The van der Waals surface area contributed by atoms with Crippen molar-refractivity contribution in [2.75, 3.05) is 0 Å². The molecule has 0 aliphatic carbocycles. The van der Waals surface area contributed by atoms with Gasteiger partial charge in [0.25, 0.3) is 0 Å². The molecule has 1 rings (SSSR count). The van der Waals surface area contributed by atoms with Gasteiger partial charge in [-0.15, -0.1) is 0 Å². The molecule has 0 aliphatic rings. The zero-order valence-electron chi connectivity index (χ0n) is 6.51. The van der Waals surface area contributed by atoms with E-state index in [4.69, 9.17) is 16.9 Å². The van der Waals surface area contributed by atoms with Crippen molar-refractivity contribution >= 4 is 27.5 Å². The molecule has 0 bridgehead atoms. The summed E-state index contributed by atoms with van der Waals surface area (Å²) in [6, 6.07) is 7.67. The molecular formula is C9H7BrClN. The second kappa shape index (κ2) is 3.93. The van der Waals surface area contributed by atoms with Gasteiger partial charge >= 0.3 is 0 Å². The van der Waals surface area contributed by atoms with Gasteiger partial charge in [-0.25, -0.2) is 0 Å². The summed E-state index contributed by atoms with van der Waals surface area (Å²) in [5.41, 5.74) is 0.863. The molecule has 1 nitrogen and oxygen atoms in total. The number of hydrogen-bond donors (Lipinski definition) is 0. The Bertz CT molecular complexity index is 310. The van der Waals surface area contributed by atoms with E-state index in [1.54, 1.807) is 6.07 Å². The lowest BCUT2D eigenvalue weighted by Gasteiger charge is -2.07. The van der Waals surface area contributed by atoms with Crippen LogP contribution in [0, 0.1) is 11.3 Å². The summed E-state index contributed by atoms with van der Waals surface area (Å²) in [6.07, 6.45) is 0. The molecule has 0 saturated heterocycles. The van der Waals surface area contributed by atoms with Gasteiger partial charge in [0.05, 0.1) is 12.0 Å². The SMILES string of the molecule is CC(C#N)c1c(Cl)cccc1Br. The Morgan fingerprint density at radius 3 is 2.75 bits per heavy atom. The lowest BCUT2D eigenvalue weighted by atomic mass is 10.0. The molecule has 0 amide bonds. The first-order valence-electron chi connectivity index (χ1n) is 3.50. The second-order valence-electron chi connectivity index (χ2n) is 2.49. The van der Waals surface area contributed by atoms with E-state index in [-0.39, 0.29) is 5.92 Å². The summed E-state index contributed by atoms with van der Waals surface area (Å²) >= 11 is 9.27. The number of nitriles is 1. The number of rotatable bonds is 1. The van der Waals surface area contributed by atoms with Gasteiger partial charge in [0, 0.05) is 15.1 Å². The third-order valence-corrected chi connectivity index (χ3v) is 2.65. The highest BCUT2D eigenvalue weighted by Gasteiger charge is 2.11. The van der Waals surface area contributed by atoms with Gasteiger partial charge in [0.1, 0.15) is 0 Å². The lowest BCUT2D eigenvalue weighted by Crippen LogP contribution is -1.91. The Labute approximate surface area is 85.1 Å². The number of halogens is 2. The molecule has 0 N–H and O–H groups in total. The van der Waals surface area contributed by atoms with Crippen molar-refractivity contribution in [1.29, 1.82) is 5.26 Å². The third kappa shape index (κ3) is 1.80. The van der Waals surface area contributed by atoms with Crippen LogP contribution in [0.25, 0.3) is 0 Å². The van der Waals surface area contributed by atoms with Crippen LogP contribution in [0.1, 0.15) is 18.4 Å². The van der Waals surface area contributed by atoms with Crippen LogP contribution in [-0.2, 0) is 0 Å². The highest BCUT2D eigenvalue weighted by Crippen LogP contribution is 2.30. The number of benzene rings is 1. The van der Waals surface area contributed by atoms with Crippen molar-refractivity contribution in [3.63, 3.8) is 0 Å². The van der Waals surface area contributed by atoms with Gasteiger partial charge in [-0.3, -0.25) is 0 Å². The summed E-state index contributed by atoms with van der Waals surface area (Å²) in [4.78, 5) is 0. The summed E-state index contributed by atoms with van der Waals surface area (Å²) in [5.74, 6) is -0.173. The minimum Gasteiger partial charge on any atom is -0.198 e. The number of hydrogen-bond acceptors (Lipinski definition) is 1. The first-order chi connectivity index (χ1) is 5.66. The fourth-order valence-corrected chi connectivity index (χ4v) is 2.15. The Hall–Kier alpha value is -0.520. The van der Waals surface area contributed by atoms with Crippen molar-refractivity contribution in [3.8, 4) is 6.07 Å². The average Bonchev–Trinajstić information content (AvgIpc) is 2.03. The molecule has 1 aromatic rings. The standard InChI is InChI=1S/C9H7BrClN/c1-6(5-12)9-7(10)3-2-4-8(9)11/h2-4,6H,1H3. The molecule has 0 fully saturated rings. The van der Waals surface area contributed by atoms with Gasteiger partial charge in [-0.05, 0) is 19.1 Å². The maximum atomic E-state index is 8.71. The molecule has 0 aliphatic heterocycles. The van der Waals surface area contributed by atoms with Gasteiger partial charge < -0.3 is 0 Å². The average molecular weight is 245 g/mol. The van der Waals surface area contributed by atoms with E-state index in [1.807, 2.05) is 19.1 Å². The number of nitrogens with zero attached hydrogens (tertiary/aromatic N) is 1. The molecule has 0 spiro atoms. The van der Waals surface area contributed by atoms with E-state index in [1.165, 1.54) is 0 Å². The van der Waals surface area contributed by atoms with Crippen LogP contribution >= 0.6 is 27.5 Å². The Morgan fingerprint density at radius 1 is 1.58 bits per heavy atom. The van der Waals surface area contributed by atoms with E-state index in [0.717, 1.165) is 10.0 Å². The van der Waals surface area contributed by atoms with Gasteiger partial charge in [0.15, 0.2) is 0 Å². The summed E-state index contributed by atoms with van der Waals surface area (Å²) < 4.78 is 0.893. The van der Waals surface area contributed by atoms with Crippen molar-refractivity contribution in [1.82, 2.24) is 0 Å². The van der Waals surface area contributed by atoms with Crippen LogP contribution in [0.15, 0.2) is 22.7 Å². The highest BCUT2D eigenvalue weighted by atomic mass is 79.9. The highest BCUT2D eigenvalue weighted by molar-refractivity contribution is 9.10. The molecular weight excluding hydrogens is 237 g/mol. The molecule has 0 heterocycles. The maximum absolute atomic E-state index is 8.71. The molecule has 1 unspecified atom stereocenters. The van der Waals surface area contributed by atoms with Gasteiger partial charge in [-0.1, -0.05) is 33.6 Å². The first-order valence-corrected chi connectivity index (χ1v) is 4.67. The molecule has 0 radical (unpaired) electrons. The van der Waals surface area contributed by atoms with E-state index >= 15 is 0 Å². The van der Waals surface area contributed by atoms with E-state index < -0.39 is 0 Å². The predicted octanol–water partition coefficient (Wildman–Crippen LogP) is 3.73. The first kappa shape index (κ1) is 9.57. The molecule has 3 heteroatoms. The van der Waals surface area contributed by atoms with Crippen molar-refractivity contribution in [2.24, 2.45) is 0 Å². The molecule has 1 atom stereocenters. The quantitative estimate of drug-likeness (QED) is 0.738. The van der Waals surface area contributed by atoms with Gasteiger partial charge in [0.2, 0.25) is 0 Å². The van der Waals surface area contributed by atoms with Crippen molar-refractivity contribution in [3.05, 3.63) is 33.3 Å². The van der Waals surface area contributed by atoms with Crippen LogP contribution < -0.4 is 0 Å². The minimum atomic E-state index is -0.173. The van der Waals surface area contributed by atoms with Crippen molar-refractivity contribution in [2.45, 2.75) is 12.8 Å². The fraction of sp³-hybridized carbons (Fsp3) is 0.222. The van der Waals surface area contributed by atoms with Crippen LogP contribution in [-0.4, -0.2) is 0 Å². The predicted molar refractivity (Wildman–Crippen MR) is 53.2 cm³/mol. The lowest BCUT2D eigenvalue weighted by molar-refractivity contribution is 0.974. The molecule has 62 valence electrons. The van der Waals surface area contributed by atoms with Crippen LogP contribution in [0.3, 0.4) is 0 Å². The normalized spacial score (nSPS) is 12.2. The maximum Gasteiger partial charge on any atom is 0.0710 e. The summed E-state index contributed by atoms with van der Waals surface area (Å²) in [5, 5.41) is 9.35. The van der Waals surface area contributed by atoms with E-state index in [0.29, 0.717) is 5.02 Å². The molecule has 0 saturated carbocycles. The molecule has 12 heavy (non-hydrogen) atoms. The summed E-state index contributed by atoms with van der Waals surface area (Å²) in [7, 11) is 0. The third-order valence-electron chi connectivity index (χ3n) is 1.63. The second-order valence-corrected chi connectivity index (χ2v) is 3.75. The molecule has 0 aromatic heterocycles. The zero-order valence-corrected chi connectivity index (χ0v) is 8.85. The van der Waals surface area contributed by atoms with E-state index in [9.17, 15) is 0 Å². The zero-order chi connectivity index (χ0) is 9.14. The van der Waals surface area contributed by atoms with Crippen LogP contribution in [0.5, 0.6) is 0 Å². The van der Waals surface area contributed by atoms with Crippen molar-refractivity contribution < 1.29 is 0 Å². The Kier molecular flexibility index (Phi) is 3.13. The van der Waals surface area contributed by atoms with Gasteiger partial charge in [-0.2, -0.15) is 5.26 Å². The smallest absolute Gasteiger partial charge is 0.0710 e. The van der Waals surface area contributed by atoms with Crippen LogP contribution in [0.4, 0.5) is 0 Å². The monoisotopic (exact) mass is 243 g/mol. The Morgan fingerprint density at radius 2 is 2.25 bits per heavy atom. The minimum absolute atomic E-state index is 0.173. The fourth-order valence-electron chi connectivity index (χ4n) is 0.989. The Balaban J connectivity index is 3.23. The van der Waals surface area contributed by atoms with E-state index in [2.05, 4.69) is 22.0 Å². The summed E-state index contributed by atoms with van der Waals surface area (Å²) in [6.45, 7) is 1.83. The van der Waals surface area contributed by atoms with Crippen LogP contribution in [0.2, 0.25) is 5.02 Å². The topological polar surface area (TPSA) is 23.8 Å². The largest absolute Gasteiger partial charge is 0.198 e. The molecule has 1 aromatic carbocycles.